The first-order valence-electron chi connectivity index (χ1n) is 13.7. The number of hydrogen-bond donors (Lipinski definition) is 0. The zero-order chi connectivity index (χ0) is 31.4. The molecule has 0 bridgehead atoms. The number of carbonyl (C=O) groups is 1. The topological polar surface area (TPSA) is 137 Å². The molecule has 0 radical (unpaired) electrons. The van der Waals surface area contributed by atoms with Crippen molar-refractivity contribution in [2.24, 2.45) is 11.0 Å². The maximum Gasteiger partial charge on any atom is 0.320 e. The van der Waals surface area contributed by atoms with Gasteiger partial charge >= 0.3 is 11.7 Å². The van der Waals surface area contributed by atoms with Crippen molar-refractivity contribution < 1.29 is 23.3 Å². The monoisotopic (exact) mass is 600 g/mol. The maximum absolute atomic E-state index is 13.4. The highest BCUT2D eigenvalue weighted by Crippen LogP contribution is 2.43. The number of nitro groups is 1. The fourth-order valence-electron chi connectivity index (χ4n) is 3.60. The predicted molar refractivity (Wildman–Crippen MR) is 166 cm³/mol. The molecule has 0 unspecified atom stereocenters. The summed E-state index contributed by atoms with van der Waals surface area (Å²) < 4.78 is 18.7. The highest BCUT2D eigenvalue weighted by atomic mass is 28.4. The van der Waals surface area contributed by atoms with Crippen molar-refractivity contribution in [1.29, 1.82) is 0 Å². The number of para-hydroxylation sites is 2. The van der Waals surface area contributed by atoms with Crippen molar-refractivity contribution in [3.05, 3.63) is 74.7 Å². The summed E-state index contributed by atoms with van der Waals surface area (Å²) in [6.07, 6.45) is -0.633. The molecule has 0 fully saturated rings. The van der Waals surface area contributed by atoms with Gasteiger partial charge in [-0.2, -0.15) is 0 Å². The second kappa shape index (κ2) is 12.8. The average molecular weight is 601 g/mol. The van der Waals surface area contributed by atoms with Gasteiger partial charge in [0, 0.05) is 16.9 Å². The van der Waals surface area contributed by atoms with Gasteiger partial charge in [-0.05, 0) is 65.6 Å². The van der Waals surface area contributed by atoms with E-state index in [1.54, 1.807) is 6.92 Å². The molecule has 12 heteroatoms. The molecule has 0 saturated carbocycles. The SMILES string of the molecule is C[C@@H]([C@H](N=[N+]=[N-])C(=O)Oc1ccccc1[N+](=O)[O-])[C@H](O[Si](C)(C)C(C)(C)C)c1ccc(O[Si](C)(C)C(C)(C)C)cc1. The lowest BCUT2D eigenvalue weighted by molar-refractivity contribution is -0.385. The smallest absolute Gasteiger partial charge is 0.320 e. The Hall–Kier alpha value is -3.19. The fourth-order valence-corrected chi connectivity index (χ4v) is 5.97. The Labute approximate surface area is 245 Å². The van der Waals surface area contributed by atoms with E-state index < -0.39 is 45.6 Å². The van der Waals surface area contributed by atoms with Crippen LogP contribution in [0, 0.1) is 16.0 Å². The Balaban J connectivity index is 2.51. The Morgan fingerprint density at radius 3 is 1.98 bits per heavy atom. The van der Waals surface area contributed by atoms with Crippen molar-refractivity contribution in [1.82, 2.24) is 0 Å². The summed E-state index contributed by atoms with van der Waals surface area (Å²) in [6, 6.07) is 11.9. The summed E-state index contributed by atoms with van der Waals surface area (Å²) in [6.45, 7) is 23.2. The molecule has 2 aromatic rings. The third-order valence-corrected chi connectivity index (χ3v) is 17.1. The standard InChI is InChI=1S/C29H44N4O6Si2/c1-20(25(31-32-30)27(34)37-24-15-13-12-14-23(24)33(35)36)26(39-41(10,11)29(5,6)7)21-16-18-22(19-17-21)38-40(8,9)28(2,3)4/h12-20,25-26H,1-11H3/t20-,25-,26-/m0/s1. The lowest BCUT2D eigenvalue weighted by Crippen LogP contribution is -2.45. The number of carbonyl (C=O) groups excluding carboxylic acids is 1. The summed E-state index contributed by atoms with van der Waals surface area (Å²) in [5, 5.41) is 15.1. The summed E-state index contributed by atoms with van der Waals surface area (Å²) in [5.74, 6) is -1.03. The van der Waals surface area contributed by atoms with Crippen molar-refractivity contribution in [3.8, 4) is 11.5 Å². The maximum atomic E-state index is 13.4. The molecule has 0 aliphatic carbocycles. The van der Waals surface area contributed by atoms with Gasteiger partial charge in [0.2, 0.25) is 14.1 Å². The van der Waals surface area contributed by atoms with E-state index in [0.29, 0.717) is 0 Å². The molecule has 0 amide bonds. The molecule has 0 aromatic heterocycles. The van der Waals surface area contributed by atoms with Gasteiger partial charge in [0.25, 0.3) is 0 Å². The summed E-state index contributed by atoms with van der Waals surface area (Å²) >= 11 is 0. The first-order chi connectivity index (χ1) is 18.7. The van der Waals surface area contributed by atoms with E-state index in [4.69, 9.17) is 13.6 Å². The summed E-state index contributed by atoms with van der Waals surface area (Å²) in [4.78, 5) is 27.1. The third kappa shape index (κ3) is 8.42. The quantitative estimate of drug-likeness (QED) is 0.0369. The van der Waals surface area contributed by atoms with Crippen molar-refractivity contribution in [2.45, 2.75) is 96.9 Å². The number of benzene rings is 2. The van der Waals surface area contributed by atoms with E-state index in [1.165, 1.54) is 24.3 Å². The number of hydrogen-bond acceptors (Lipinski definition) is 7. The van der Waals surface area contributed by atoms with Crippen LogP contribution in [0.15, 0.2) is 53.6 Å². The van der Waals surface area contributed by atoms with Crippen LogP contribution < -0.4 is 9.16 Å². The lowest BCUT2D eigenvalue weighted by Gasteiger charge is -2.42. The van der Waals surface area contributed by atoms with E-state index in [2.05, 4.69) is 77.8 Å². The van der Waals surface area contributed by atoms with Crippen LogP contribution in [0.3, 0.4) is 0 Å². The molecule has 224 valence electrons. The van der Waals surface area contributed by atoms with Crippen LogP contribution in [-0.2, 0) is 9.22 Å². The molecule has 0 aliphatic rings. The largest absolute Gasteiger partial charge is 0.544 e. The zero-order valence-electron chi connectivity index (χ0n) is 26.1. The number of nitro benzene ring substituents is 1. The molecule has 2 aromatic carbocycles. The van der Waals surface area contributed by atoms with Crippen LogP contribution in [0.1, 0.15) is 60.1 Å². The average Bonchev–Trinajstić information content (AvgIpc) is 2.84. The number of rotatable bonds is 11. The molecule has 0 N–H and O–H groups in total. The van der Waals surface area contributed by atoms with Crippen molar-refractivity contribution in [2.75, 3.05) is 0 Å². The molecule has 0 saturated heterocycles. The second-order valence-electron chi connectivity index (χ2n) is 13.4. The van der Waals surface area contributed by atoms with Gasteiger partial charge in [-0.1, -0.05) is 77.8 Å². The molecule has 0 aliphatic heterocycles. The van der Waals surface area contributed by atoms with E-state index in [1.807, 2.05) is 24.3 Å². The number of nitrogens with zero attached hydrogens (tertiary/aromatic N) is 4. The van der Waals surface area contributed by atoms with Crippen LogP contribution in [0.2, 0.25) is 36.3 Å². The van der Waals surface area contributed by atoms with Crippen molar-refractivity contribution in [3.63, 3.8) is 0 Å². The van der Waals surface area contributed by atoms with Gasteiger partial charge in [-0.15, -0.1) is 0 Å². The highest BCUT2D eigenvalue weighted by Gasteiger charge is 2.43. The minimum Gasteiger partial charge on any atom is -0.544 e. The molecular weight excluding hydrogens is 557 g/mol. The Kier molecular flexibility index (Phi) is 10.6. The molecule has 0 heterocycles. The van der Waals surface area contributed by atoms with Crippen LogP contribution in [-0.4, -0.2) is 33.6 Å². The molecule has 10 nitrogen and oxygen atoms in total. The van der Waals surface area contributed by atoms with E-state index >= 15 is 0 Å². The van der Waals surface area contributed by atoms with E-state index in [0.717, 1.165) is 11.3 Å². The Morgan fingerprint density at radius 1 is 0.951 bits per heavy atom. The van der Waals surface area contributed by atoms with Gasteiger partial charge < -0.3 is 13.6 Å². The van der Waals surface area contributed by atoms with Crippen LogP contribution in [0.4, 0.5) is 5.69 Å². The van der Waals surface area contributed by atoms with Gasteiger partial charge in [0.1, 0.15) is 11.8 Å². The van der Waals surface area contributed by atoms with Gasteiger partial charge in [0.05, 0.1) is 11.0 Å². The van der Waals surface area contributed by atoms with Gasteiger partial charge in [-0.25, -0.2) is 0 Å². The first kappa shape index (κ1) is 34.0. The Bertz CT molecular complexity index is 1280. The van der Waals surface area contributed by atoms with Gasteiger partial charge in [-0.3, -0.25) is 14.9 Å². The van der Waals surface area contributed by atoms with Crippen molar-refractivity contribution >= 4 is 28.3 Å². The lowest BCUT2D eigenvalue weighted by atomic mass is 9.91. The minimum absolute atomic E-state index is 0.0326. The first-order valence-corrected chi connectivity index (χ1v) is 19.5. The molecule has 41 heavy (non-hydrogen) atoms. The van der Waals surface area contributed by atoms with Crippen LogP contribution in [0.5, 0.6) is 11.5 Å². The molecular formula is C29H44N4O6Si2. The van der Waals surface area contributed by atoms with Gasteiger partial charge in [0.15, 0.2) is 8.32 Å². The fraction of sp³-hybridized carbons (Fsp3) is 0.552. The second-order valence-corrected chi connectivity index (χ2v) is 22.9. The number of esters is 1. The highest BCUT2D eigenvalue weighted by molar-refractivity contribution is 6.75. The molecule has 0 spiro atoms. The van der Waals surface area contributed by atoms with E-state index in [9.17, 15) is 20.4 Å². The van der Waals surface area contributed by atoms with Crippen LogP contribution >= 0.6 is 0 Å². The normalized spacial score (nSPS) is 14.8. The minimum atomic E-state index is -2.39. The van der Waals surface area contributed by atoms with E-state index in [-0.39, 0.29) is 21.5 Å². The molecule has 3 atom stereocenters. The number of azide groups is 1. The summed E-state index contributed by atoms with van der Waals surface area (Å²) in [7, 11) is -4.45. The van der Waals surface area contributed by atoms with Crippen LogP contribution in [0.25, 0.3) is 10.4 Å². The number of ether oxygens (including phenoxy) is 1. The summed E-state index contributed by atoms with van der Waals surface area (Å²) in [5.41, 5.74) is 9.80. The third-order valence-electron chi connectivity index (χ3n) is 8.28. The predicted octanol–water partition coefficient (Wildman–Crippen LogP) is 8.96. The Morgan fingerprint density at radius 2 is 1.49 bits per heavy atom. The zero-order valence-corrected chi connectivity index (χ0v) is 28.1. The molecule has 2 rings (SSSR count).